The molecule has 18 aromatic rings. The number of carbonyl (C=O) groups is 4. The molecule has 0 saturated carbocycles. The SMILES string of the molecule is Cc1cc(Oc2cc(C)cc(N3C(=O)c4ccc(-c5cc(-c6ccc(C#Cc7ccccc7)cc6)c(-c6ccc(Oc7ccc(-c8c(-c9ccc(C#Cc%10ccccc%10)cc9)cc(C)c(-c9ccc(C#Cc%10ccccc%10)cc9)c8-c8ccccc8)cc7)cc6)c(-c6ccccc6)c5-c5ccc(C#Cc6ccccc6)cc5)cc4C3=O)c2)cc(N2C(=O)c3ccc(C)cc3C2=O)c1. The van der Waals surface area contributed by atoms with E-state index in [-0.39, 0.29) is 11.1 Å². The van der Waals surface area contributed by atoms with Gasteiger partial charge in [0.25, 0.3) is 23.6 Å². The highest BCUT2D eigenvalue weighted by Gasteiger charge is 2.40. The molecule has 0 N–H and O–H groups in total. The molecule has 2 heterocycles. The van der Waals surface area contributed by atoms with Crippen LogP contribution in [0.15, 0.2) is 413 Å². The normalized spacial score (nSPS) is 11.7. The van der Waals surface area contributed by atoms with Crippen molar-refractivity contribution in [3.05, 3.63) is 502 Å². The Morgan fingerprint density at radius 2 is 0.455 bits per heavy atom. The number of benzene rings is 18. The predicted molar refractivity (Wildman–Crippen MR) is 532 cm³/mol. The second-order valence-electron chi connectivity index (χ2n) is 32.9. The van der Waals surface area contributed by atoms with Gasteiger partial charge in [-0.2, -0.15) is 0 Å². The van der Waals surface area contributed by atoms with E-state index in [1.165, 1.54) is 9.80 Å². The molecule has 2 aliphatic heterocycles. The van der Waals surface area contributed by atoms with Crippen LogP contribution < -0.4 is 19.3 Å². The maximum atomic E-state index is 15.6. The van der Waals surface area contributed by atoms with Gasteiger partial charge in [0, 0.05) is 56.6 Å². The van der Waals surface area contributed by atoms with Gasteiger partial charge in [-0.15, -0.1) is 0 Å². The molecule has 8 nitrogen and oxygen atoms in total. The lowest BCUT2D eigenvalue weighted by atomic mass is 9.78. The van der Waals surface area contributed by atoms with E-state index in [1.54, 1.807) is 48.5 Å². The number of aryl methyl sites for hydroxylation is 4. The van der Waals surface area contributed by atoms with Crippen LogP contribution in [0, 0.1) is 75.1 Å². The molecule has 0 atom stereocenters. The van der Waals surface area contributed by atoms with Gasteiger partial charge in [-0.05, 0) is 320 Å². The number of hydrogen-bond acceptors (Lipinski definition) is 6. The van der Waals surface area contributed by atoms with Crippen LogP contribution in [0.1, 0.15) is 108 Å². The molecule has 18 aromatic carbocycles. The number of rotatable bonds is 15. The molecule has 0 bridgehead atoms. The van der Waals surface area contributed by atoms with Gasteiger partial charge in [0.2, 0.25) is 0 Å². The molecule has 0 unspecified atom stereocenters. The number of nitrogens with zero attached hydrogens (tertiary/aromatic N) is 2. The Labute approximate surface area is 768 Å². The minimum atomic E-state index is -0.514. The standard InChI is InChI=1S/C124H80N2O6/c1-81-35-69-108-113(75-81)123(129)125(121(108)127)102-71-82(2)73-106(78-102)132-107-74-83(3)72-103(79-107)126-122(128)109-70-64-101(77-114(109)124(126)130)112-80-111(94-54-46-90(47-55-94)41-37-86-25-13-6-14-26-86)117(120(96-33-21-10-22-34-96)118(112)98-58-50-92(51-59-98)43-39-88-29-17-8-18-30-88)100-62-67-105(68-63-100)131-104-65-60-99(61-66-104)116-110(93-52-44-89(45-53-93)40-36-85-23-11-5-12-24-85)76-84(4)115(119(116)95-31-19-9-20-32-95)97-56-48-91(49-57-97)42-38-87-27-15-7-16-28-87/h5-35,44-80H,1-4H3. The monoisotopic (exact) mass is 1690 g/mol. The van der Waals surface area contributed by atoms with Crippen molar-refractivity contribution in [2.75, 3.05) is 9.80 Å². The van der Waals surface area contributed by atoms with Gasteiger partial charge >= 0.3 is 0 Å². The summed E-state index contributed by atoms with van der Waals surface area (Å²) >= 11 is 0. The first-order valence-corrected chi connectivity index (χ1v) is 43.7. The van der Waals surface area contributed by atoms with E-state index >= 15 is 9.59 Å². The average molecular weight is 1690 g/mol. The van der Waals surface area contributed by atoms with Crippen LogP contribution in [0.2, 0.25) is 0 Å². The zero-order chi connectivity index (χ0) is 89.7. The number of anilines is 2. The predicted octanol–water partition coefficient (Wildman–Crippen LogP) is 28.7. The van der Waals surface area contributed by atoms with E-state index < -0.39 is 23.6 Å². The Bertz CT molecular complexity index is 7870. The molecule has 0 radical (unpaired) electrons. The third kappa shape index (κ3) is 17.1. The van der Waals surface area contributed by atoms with Gasteiger partial charge in [-0.25, -0.2) is 9.80 Å². The van der Waals surface area contributed by atoms with Crippen LogP contribution in [0.3, 0.4) is 0 Å². The zero-order valence-electron chi connectivity index (χ0n) is 72.6. The first-order valence-electron chi connectivity index (χ1n) is 43.7. The van der Waals surface area contributed by atoms with E-state index in [9.17, 15) is 9.59 Å². The molecule has 0 spiro atoms. The van der Waals surface area contributed by atoms with Gasteiger partial charge in [0.15, 0.2) is 0 Å². The number of imide groups is 2. The fourth-order valence-corrected chi connectivity index (χ4v) is 17.5. The summed E-state index contributed by atoms with van der Waals surface area (Å²) < 4.78 is 13.6. The zero-order valence-corrected chi connectivity index (χ0v) is 72.6. The molecule has 20 rings (SSSR count). The van der Waals surface area contributed by atoms with Gasteiger partial charge < -0.3 is 9.47 Å². The summed E-state index contributed by atoms with van der Waals surface area (Å²) in [6.07, 6.45) is 0. The number of amides is 4. The Balaban J connectivity index is 0.693. The van der Waals surface area contributed by atoms with Crippen LogP contribution in [0.25, 0.3) is 100 Å². The van der Waals surface area contributed by atoms with Crippen LogP contribution in [0.4, 0.5) is 11.4 Å². The third-order valence-corrected chi connectivity index (χ3v) is 23.8. The largest absolute Gasteiger partial charge is 0.457 e. The van der Waals surface area contributed by atoms with Crippen molar-refractivity contribution < 1.29 is 28.7 Å². The Morgan fingerprint density at radius 1 is 0.182 bits per heavy atom. The minimum Gasteiger partial charge on any atom is -0.457 e. The van der Waals surface area contributed by atoms with Crippen LogP contribution in [0.5, 0.6) is 23.0 Å². The lowest BCUT2D eigenvalue weighted by Gasteiger charge is -2.25. The molecular weight excluding hydrogens is 1610 g/mol. The summed E-state index contributed by atoms with van der Waals surface area (Å²) in [4.78, 5) is 60.9. The van der Waals surface area contributed by atoms with E-state index in [4.69, 9.17) is 9.47 Å². The summed E-state index contributed by atoms with van der Waals surface area (Å²) in [5.74, 6) is 27.1. The topological polar surface area (TPSA) is 93.2 Å². The molecular formula is C124H80N2O6. The lowest BCUT2D eigenvalue weighted by molar-refractivity contribution is 0.0910. The third-order valence-electron chi connectivity index (χ3n) is 23.8. The van der Waals surface area contributed by atoms with E-state index in [2.05, 4.69) is 242 Å². The summed E-state index contributed by atoms with van der Waals surface area (Å²) in [6, 6.07) is 137. The fraction of sp³-hybridized carbons (Fsp3) is 0.0323. The molecule has 132 heavy (non-hydrogen) atoms. The van der Waals surface area contributed by atoms with E-state index in [1.807, 2.05) is 197 Å². The van der Waals surface area contributed by atoms with Crippen LogP contribution >= 0.6 is 0 Å². The van der Waals surface area contributed by atoms with Crippen molar-refractivity contribution in [3.8, 4) is 171 Å². The maximum absolute atomic E-state index is 15.6. The number of carbonyl (C=O) groups excluding carboxylic acids is 4. The smallest absolute Gasteiger partial charge is 0.266 e. The van der Waals surface area contributed by atoms with E-state index in [0.29, 0.717) is 56.6 Å². The molecule has 622 valence electrons. The highest BCUT2D eigenvalue weighted by Crippen LogP contribution is 2.53. The summed E-state index contributed by atoms with van der Waals surface area (Å²) in [5, 5.41) is 0. The second kappa shape index (κ2) is 36.2. The average Bonchev–Trinajstić information content (AvgIpc) is 0.986. The molecule has 8 heteroatoms. The van der Waals surface area contributed by atoms with Gasteiger partial charge in [0.1, 0.15) is 23.0 Å². The molecule has 0 aromatic heterocycles. The van der Waals surface area contributed by atoms with Crippen molar-refractivity contribution in [2.45, 2.75) is 27.7 Å². The summed E-state index contributed by atoms with van der Waals surface area (Å²) in [6.45, 7) is 7.81. The Hall–Kier alpha value is -17.9. The van der Waals surface area contributed by atoms with Gasteiger partial charge in [-0.3, -0.25) is 19.2 Å². The summed E-state index contributed by atoms with van der Waals surface area (Å²) in [5.41, 5.74) is 29.6. The first-order chi connectivity index (χ1) is 64.7. The van der Waals surface area contributed by atoms with Crippen molar-refractivity contribution in [1.29, 1.82) is 0 Å². The highest BCUT2D eigenvalue weighted by atomic mass is 16.5. The van der Waals surface area contributed by atoms with Gasteiger partial charge in [-0.1, -0.05) is 277 Å². The van der Waals surface area contributed by atoms with Crippen LogP contribution in [-0.2, 0) is 0 Å². The lowest BCUT2D eigenvalue weighted by Crippen LogP contribution is -2.29. The number of fused-ring (bicyclic) bond motifs is 2. The Kier molecular flexibility index (Phi) is 22.6. The quantitative estimate of drug-likeness (QED) is 0.0750. The Morgan fingerprint density at radius 3 is 0.833 bits per heavy atom. The second-order valence-corrected chi connectivity index (χ2v) is 32.9. The van der Waals surface area contributed by atoms with E-state index in [0.717, 1.165) is 156 Å². The fourth-order valence-electron chi connectivity index (χ4n) is 17.5. The van der Waals surface area contributed by atoms with Gasteiger partial charge in [0.05, 0.1) is 33.6 Å². The van der Waals surface area contributed by atoms with Crippen molar-refractivity contribution >= 4 is 35.0 Å². The highest BCUT2D eigenvalue weighted by molar-refractivity contribution is 6.36. The number of ether oxygens (including phenoxy) is 2. The molecule has 0 aliphatic carbocycles. The van der Waals surface area contributed by atoms with Crippen molar-refractivity contribution in [3.63, 3.8) is 0 Å². The number of hydrogen-bond donors (Lipinski definition) is 0. The maximum Gasteiger partial charge on any atom is 0.266 e. The molecule has 2 aliphatic rings. The first kappa shape index (κ1) is 82.4. The minimum absolute atomic E-state index is 0.221. The van der Waals surface area contributed by atoms with Crippen LogP contribution in [-0.4, -0.2) is 23.6 Å². The molecule has 0 fully saturated rings. The van der Waals surface area contributed by atoms with Crippen molar-refractivity contribution in [2.24, 2.45) is 0 Å². The molecule has 4 amide bonds. The summed E-state index contributed by atoms with van der Waals surface area (Å²) in [7, 11) is 0. The van der Waals surface area contributed by atoms with Crippen molar-refractivity contribution in [1.82, 2.24) is 0 Å². The molecule has 0 saturated heterocycles.